The number of carbonyl (C=O) groups is 1. The van der Waals surface area contributed by atoms with E-state index in [4.69, 9.17) is 23.2 Å². The van der Waals surface area contributed by atoms with Crippen molar-refractivity contribution in [3.63, 3.8) is 0 Å². The normalized spacial score (nSPS) is 11.6. The van der Waals surface area contributed by atoms with Gasteiger partial charge in [0, 0.05) is 11.3 Å². The summed E-state index contributed by atoms with van der Waals surface area (Å²) in [7, 11) is -3.34. The molecule has 0 aliphatic heterocycles. The van der Waals surface area contributed by atoms with Crippen molar-refractivity contribution in [3.05, 3.63) is 69.7 Å². The lowest BCUT2D eigenvalue weighted by Crippen LogP contribution is -2.09. The van der Waals surface area contributed by atoms with Crippen LogP contribution in [0.1, 0.15) is 15.9 Å². The van der Waals surface area contributed by atoms with E-state index in [0.717, 1.165) is 6.26 Å². The highest BCUT2D eigenvalue weighted by Crippen LogP contribution is 2.26. The second kappa shape index (κ2) is 7.17. The molecule has 4 nitrogen and oxygen atoms in total. The molecule has 0 saturated heterocycles. The van der Waals surface area contributed by atoms with Crippen molar-refractivity contribution in [2.75, 3.05) is 11.0 Å². The molecule has 120 valence electrons. The first-order valence-corrected chi connectivity index (χ1v) is 9.15. The molecule has 7 heteroatoms. The van der Waals surface area contributed by atoms with E-state index in [1.807, 2.05) is 0 Å². The zero-order chi connectivity index (χ0) is 17.0. The second-order valence-corrected chi connectivity index (χ2v) is 7.33. The molecule has 0 heterocycles. The van der Waals surface area contributed by atoms with Crippen molar-refractivity contribution in [2.45, 2.75) is 0 Å². The van der Waals surface area contributed by atoms with Crippen LogP contribution >= 0.6 is 23.2 Å². The summed E-state index contributed by atoms with van der Waals surface area (Å²) in [6, 6.07) is 11.3. The Morgan fingerprint density at radius 3 is 2.35 bits per heavy atom. The van der Waals surface area contributed by atoms with Gasteiger partial charge in [-0.05, 0) is 48.0 Å². The molecule has 0 aromatic heterocycles. The maximum atomic E-state index is 12.1. The molecule has 0 aliphatic rings. The van der Waals surface area contributed by atoms with Crippen LogP contribution in [0.3, 0.4) is 0 Å². The van der Waals surface area contributed by atoms with E-state index < -0.39 is 10.0 Å². The highest BCUT2D eigenvalue weighted by atomic mass is 35.5. The van der Waals surface area contributed by atoms with Crippen LogP contribution in [0.4, 0.5) is 5.69 Å². The molecule has 2 rings (SSSR count). The third-order valence-electron chi connectivity index (χ3n) is 2.87. The highest BCUT2D eigenvalue weighted by Gasteiger charge is 2.06. The maximum Gasteiger partial charge on any atom is 0.229 e. The average Bonchev–Trinajstić information content (AvgIpc) is 2.47. The van der Waals surface area contributed by atoms with Crippen molar-refractivity contribution in [1.82, 2.24) is 0 Å². The quantitative estimate of drug-likeness (QED) is 0.632. The van der Waals surface area contributed by atoms with Crippen LogP contribution in [0.15, 0.2) is 48.5 Å². The van der Waals surface area contributed by atoms with E-state index in [9.17, 15) is 13.2 Å². The predicted octanol–water partition coefficient (Wildman–Crippen LogP) is 4.26. The van der Waals surface area contributed by atoms with Crippen molar-refractivity contribution in [3.8, 4) is 0 Å². The number of ketones is 1. The van der Waals surface area contributed by atoms with Gasteiger partial charge in [-0.2, -0.15) is 0 Å². The van der Waals surface area contributed by atoms with Gasteiger partial charge in [0.2, 0.25) is 10.0 Å². The van der Waals surface area contributed by atoms with Crippen LogP contribution in [0.25, 0.3) is 6.08 Å². The van der Waals surface area contributed by atoms with E-state index in [1.165, 1.54) is 18.2 Å². The summed E-state index contributed by atoms with van der Waals surface area (Å²) in [6.45, 7) is 0. The average molecular weight is 370 g/mol. The standard InChI is InChI=1S/C16H13Cl2NO3S/c1-23(21,22)19-13-8-5-11(6-9-13)15(20)10-7-12-3-2-4-14(17)16(12)18/h2-10,19H,1H3. The van der Waals surface area contributed by atoms with E-state index >= 15 is 0 Å². The minimum Gasteiger partial charge on any atom is -0.289 e. The smallest absolute Gasteiger partial charge is 0.229 e. The number of carbonyl (C=O) groups excluding carboxylic acids is 1. The zero-order valence-electron chi connectivity index (χ0n) is 12.1. The summed E-state index contributed by atoms with van der Waals surface area (Å²) in [5.74, 6) is -0.230. The van der Waals surface area contributed by atoms with Crippen molar-refractivity contribution in [2.24, 2.45) is 0 Å². The lowest BCUT2D eigenvalue weighted by molar-refractivity contribution is 0.104. The Kier molecular flexibility index (Phi) is 5.46. The first-order chi connectivity index (χ1) is 10.8. The van der Waals surface area contributed by atoms with Crippen molar-refractivity contribution >= 4 is 50.8 Å². The number of anilines is 1. The molecular weight excluding hydrogens is 357 g/mol. The SMILES string of the molecule is CS(=O)(=O)Nc1ccc(C(=O)C=Cc2cccc(Cl)c2Cl)cc1. The van der Waals surface area contributed by atoms with Crippen LogP contribution < -0.4 is 4.72 Å². The Labute approximate surface area is 144 Å². The summed E-state index contributed by atoms with van der Waals surface area (Å²) in [6.07, 6.45) is 4.03. The van der Waals surface area contributed by atoms with E-state index in [-0.39, 0.29) is 5.78 Å². The van der Waals surface area contributed by atoms with E-state index in [0.29, 0.717) is 26.9 Å². The lowest BCUT2D eigenvalue weighted by atomic mass is 10.1. The van der Waals surface area contributed by atoms with Gasteiger partial charge in [0.15, 0.2) is 5.78 Å². The molecule has 0 amide bonds. The molecule has 1 N–H and O–H groups in total. The second-order valence-electron chi connectivity index (χ2n) is 4.79. The van der Waals surface area contributed by atoms with E-state index in [2.05, 4.69) is 4.72 Å². The Hall–Kier alpha value is -1.82. The number of rotatable bonds is 5. The molecule has 2 aromatic rings. The third kappa shape index (κ3) is 5.10. The van der Waals surface area contributed by atoms with Gasteiger partial charge in [0.25, 0.3) is 0 Å². The number of hydrogen-bond donors (Lipinski definition) is 1. The zero-order valence-corrected chi connectivity index (χ0v) is 14.4. The number of hydrogen-bond acceptors (Lipinski definition) is 3. The molecule has 2 aromatic carbocycles. The minimum absolute atomic E-state index is 0.230. The predicted molar refractivity (Wildman–Crippen MR) is 94.7 cm³/mol. The number of sulfonamides is 1. The first-order valence-electron chi connectivity index (χ1n) is 6.50. The molecule has 0 unspecified atom stereocenters. The lowest BCUT2D eigenvalue weighted by Gasteiger charge is -2.04. The Balaban J connectivity index is 2.14. The summed E-state index contributed by atoms with van der Waals surface area (Å²) >= 11 is 12.0. The molecule has 0 radical (unpaired) electrons. The van der Waals surface area contributed by atoms with Gasteiger partial charge in [-0.15, -0.1) is 0 Å². The first kappa shape index (κ1) is 17.5. The molecule has 0 bridgehead atoms. The highest BCUT2D eigenvalue weighted by molar-refractivity contribution is 7.92. The van der Waals surface area contributed by atoms with Crippen LogP contribution in [-0.2, 0) is 10.0 Å². The molecule has 0 fully saturated rings. The summed E-state index contributed by atoms with van der Waals surface area (Å²) in [5.41, 5.74) is 1.47. The fraction of sp³-hybridized carbons (Fsp3) is 0.0625. The number of allylic oxidation sites excluding steroid dienone is 1. The fourth-order valence-corrected chi connectivity index (χ4v) is 2.76. The van der Waals surface area contributed by atoms with Gasteiger partial charge in [0.05, 0.1) is 16.3 Å². The largest absolute Gasteiger partial charge is 0.289 e. The van der Waals surface area contributed by atoms with Gasteiger partial charge in [-0.1, -0.05) is 35.3 Å². The fourth-order valence-electron chi connectivity index (χ4n) is 1.83. The Morgan fingerprint density at radius 1 is 1.09 bits per heavy atom. The van der Waals surface area contributed by atoms with Gasteiger partial charge in [-0.25, -0.2) is 8.42 Å². The van der Waals surface area contributed by atoms with Gasteiger partial charge in [-0.3, -0.25) is 9.52 Å². The molecule has 23 heavy (non-hydrogen) atoms. The molecule has 0 aliphatic carbocycles. The maximum absolute atomic E-state index is 12.1. The van der Waals surface area contributed by atoms with Gasteiger partial charge < -0.3 is 0 Å². The summed E-state index contributed by atoms with van der Waals surface area (Å²) < 4.78 is 24.6. The molecular formula is C16H13Cl2NO3S. The van der Waals surface area contributed by atoms with E-state index in [1.54, 1.807) is 36.4 Å². The van der Waals surface area contributed by atoms with Crippen LogP contribution in [0, 0.1) is 0 Å². The summed E-state index contributed by atoms with van der Waals surface area (Å²) in [5, 5.41) is 0.795. The molecule has 0 saturated carbocycles. The van der Waals surface area contributed by atoms with Gasteiger partial charge >= 0.3 is 0 Å². The Morgan fingerprint density at radius 2 is 1.74 bits per heavy atom. The van der Waals surface area contributed by atoms with Crippen molar-refractivity contribution < 1.29 is 13.2 Å². The minimum atomic E-state index is -3.34. The number of nitrogens with one attached hydrogen (secondary N) is 1. The molecule has 0 atom stereocenters. The van der Waals surface area contributed by atoms with Crippen LogP contribution in [0.2, 0.25) is 10.0 Å². The Bertz CT molecular complexity index is 859. The van der Waals surface area contributed by atoms with Crippen LogP contribution in [-0.4, -0.2) is 20.5 Å². The van der Waals surface area contributed by atoms with Crippen LogP contribution in [0.5, 0.6) is 0 Å². The molecule has 0 spiro atoms. The number of benzene rings is 2. The number of halogens is 2. The van der Waals surface area contributed by atoms with Crippen molar-refractivity contribution in [1.29, 1.82) is 0 Å². The third-order valence-corrected chi connectivity index (χ3v) is 4.31. The summed E-state index contributed by atoms with van der Waals surface area (Å²) in [4.78, 5) is 12.1. The monoisotopic (exact) mass is 369 g/mol. The topological polar surface area (TPSA) is 63.2 Å². The van der Waals surface area contributed by atoms with Gasteiger partial charge in [0.1, 0.15) is 0 Å².